The van der Waals surface area contributed by atoms with Crippen LogP contribution in [-0.4, -0.2) is 4.92 Å². The lowest BCUT2D eigenvalue weighted by atomic mass is 10.2. The van der Waals surface area contributed by atoms with Gasteiger partial charge < -0.3 is 5.73 Å². The highest BCUT2D eigenvalue weighted by molar-refractivity contribution is 5.62. The second-order valence-corrected chi connectivity index (χ2v) is 2.00. The van der Waals surface area contributed by atoms with Gasteiger partial charge in [0.15, 0.2) is 0 Å². The normalized spacial score (nSPS) is 14.7. The van der Waals surface area contributed by atoms with Crippen LogP contribution >= 0.6 is 0 Å². The van der Waals surface area contributed by atoms with Gasteiger partial charge in [0.25, 0.3) is 5.69 Å². The molecule has 1 aromatic rings. The number of nitro benzene ring substituents is 1. The van der Waals surface area contributed by atoms with Gasteiger partial charge >= 0.3 is 0 Å². The molecule has 0 radical (unpaired) electrons. The Morgan fingerprint density at radius 1 is 1.73 bits per heavy atom. The standard InChI is InChI=1S/C7H8N2O2/c1-5-3-2-4-6(7(5)8)9(10)11/h2-4H,8H2,1H3/i1D3. The first-order chi connectivity index (χ1) is 6.34. The van der Waals surface area contributed by atoms with Gasteiger partial charge in [0, 0.05) is 10.2 Å². The molecule has 2 N–H and O–H groups in total. The molecule has 1 rings (SSSR count). The summed E-state index contributed by atoms with van der Waals surface area (Å²) in [6.45, 7) is -2.42. The van der Waals surface area contributed by atoms with Crippen LogP contribution in [0.25, 0.3) is 0 Å². The van der Waals surface area contributed by atoms with Crippen molar-refractivity contribution in [3.63, 3.8) is 0 Å². The quantitative estimate of drug-likeness (QED) is 0.379. The Morgan fingerprint density at radius 3 is 3.00 bits per heavy atom. The van der Waals surface area contributed by atoms with Gasteiger partial charge in [-0.25, -0.2) is 0 Å². The molecule has 0 saturated carbocycles. The number of nitrogens with zero attached hydrogens (tertiary/aromatic N) is 1. The average Bonchev–Trinajstić information content (AvgIpc) is 2.01. The molecule has 58 valence electrons. The number of benzene rings is 1. The molecule has 0 aromatic heterocycles. The van der Waals surface area contributed by atoms with Crippen molar-refractivity contribution in [2.45, 2.75) is 6.85 Å². The first-order valence-electron chi connectivity index (χ1n) is 4.37. The van der Waals surface area contributed by atoms with Gasteiger partial charge in [-0.3, -0.25) is 10.1 Å². The van der Waals surface area contributed by atoms with Crippen molar-refractivity contribution in [3.8, 4) is 0 Å². The lowest BCUT2D eigenvalue weighted by Gasteiger charge is -1.98. The van der Waals surface area contributed by atoms with Crippen LogP contribution in [0.3, 0.4) is 0 Å². The van der Waals surface area contributed by atoms with Crippen LogP contribution in [-0.2, 0) is 0 Å². The van der Waals surface area contributed by atoms with E-state index >= 15 is 0 Å². The fraction of sp³-hybridized carbons (Fsp3) is 0.143. The summed E-state index contributed by atoms with van der Waals surface area (Å²) in [6, 6.07) is 3.73. The SMILES string of the molecule is [2H]C([2H])([2H])c1cccc([N+](=O)[O-])c1N. The molecular weight excluding hydrogens is 144 g/mol. The molecule has 4 heteroatoms. The molecule has 0 aliphatic heterocycles. The molecule has 0 bridgehead atoms. The molecule has 0 aliphatic carbocycles. The highest BCUT2D eigenvalue weighted by Crippen LogP contribution is 2.23. The van der Waals surface area contributed by atoms with Crippen LogP contribution in [0.1, 0.15) is 9.68 Å². The summed E-state index contributed by atoms with van der Waals surface area (Å²) in [7, 11) is 0. The smallest absolute Gasteiger partial charge is 0.292 e. The number of anilines is 1. The van der Waals surface area contributed by atoms with Gasteiger partial charge in [0.05, 0.1) is 4.92 Å². The Labute approximate surface area is 68.0 Å². The summed E-state index contributed by atoms with van der Waals surface area (Å²) >= 11 is 0. The van der Waals surface area contributed by atoms with E-state index in [0.29, 0.717) is 0 Å². The zero-order chi connectivity index (χ0) is 10.9. The van der Waals surface area contributed by atoms with Gasteiger partial charge in [-0.05, 0) is 12.4 Å². The van der Waals surface area contributed by atoms with Gasteiger partial charge in [-0.15, -0.1) is 0 Å². The van der Waals surface area contributed by atoms with E-state index in [1.165, 1.54) is 18.2 Å². The van der Waals surface area contributed by atoms with Crippen molar-refractivity contribution in [1.29, 1.82) is 0 Å². The molecule has 0 heterocycles. The number of hydrogen-bond donors (Lipinski definition) is 1. The van der Waals surface area contributed by atoms with Crippen LogP contribution in [0.15, 0.2) is 18.2 Å². The molecule has 1 aromatic carbocycles. The number of rotatable bonds is 1. The van der Waals surface area contributed by atoms with E-state index in [2.05, 4.69) is 0 Å². The summed E-state index contributed by atoms with van der Waals surface area (Å²) in [6.07, 6.45) is 0. The largest absolute Gasteiger partial charge is 0.393 e. The first-order valence-corrected chi connectivity index (χ1v) is 2.87. The van der Waals surface area contributed by atoms with Crippen molar-refractivity contribution in [1.82, 2.24) is 0 Å². The highest BCUT2D eigenvalue weighted by Gasteiger charge is 2.10. The average molecular weight is 155 g/mol. The van der Waals surface area contributed by atoms with Crippen LogP contribution in [0.2, 0.25) is 0 Å². The maximum absolute atomic E-state index is 10.4. The number of nitrogens with two attached hydrogens (primary N) is 1. The Bertz CT molecular complexity index is 376. The van der Waals surface area contributed by atoms with E-state index in [4.69, 9.17) is 9.85 Å². The maximum atomic E-state index is 10.4. The van der Waals surface area contributed by atoms with E-state index in [0.717, 1.165) is 0 Å². The van der Waals surface area contributed by atoms with Crippen molar-refractivity contribution in [2.24, 2.45) is 0 Å². The number of nitro groups is 1. The summed E-state index contributed by atoms with van der Waals surface area (Å²) in [5.74, 6) is 0. The van der Waals surface area contributed by atoms with Crippen LogP contribution in [0.4, 0.5) is 11.4 Å². The van der Waals surface area contributed by atoms with E-state index in [-0.39, 0.29) is 16.9 Å². The highest BCUT2D eigenvalue weighted by atomic mass is 16.6. The maximum Gasteiger partial charge on any atom is 0.292 e. The third-order valence-electron chi connectivity index (χ3n) is 1.28. The topological polar surface area (TPSA) is 69.2 Å². The predicted octanol–water partition coefficient (Wildman–Crippen LogP) is 1.49. The van der Waals surface area contributed by atoms with Gasteiger partial charge in [-0.2, -0.15) is 0 Å². The third-order valence-corrected chi connectivity index (χ3v) is 1.28. The number of hydrogen-bond acceptors (Lipinski definition) is 3. The second kappa shape index (κ2) is 2.57. The van der Waals surface area contributed by atoms with Crippen LogP contribution in [0, 0.1) is 17.0 Å². The van der Waals surface area contributed by atoms with Crippen molar-refractivity contribution in [2.75, 3.05) is 5.73 Å². The second-order valence-electron chi connectivity index (χ2n) is 2.00. The summed E-state index contributed by atoms with van der Waals surface area (Å²) in [5, 5.41) is 10.4. The van der Waals surface area contributed by atoms with Gasteiger partial charge in [0.1, 0.15) is 5.69 Å². The molecule has 0 aliphatic rings. The molecular formula is C7H8N2O2. The van der Waals surface area contributed by atoms with E-state index in [9.17, 15) is 10.1 Å². The number of nitrogen functional groups attached to an aromatic ring is 1. The molecule has 0 fully saturated rings. The zero-order valence-corrected chi connectivity index (χ0v) is 5.57. The van der Waals surface area contributed by atoms with Gasteiger partial charge in [-0.1, -0.05) is 12.1 Å². The minimum atomic E-state index is -2.42. The summed E-state index contributed by atoms with van der Waals surface area (Å²) in [5.41, 5.74) is 4.51. The Hall–Kier alpha value is -1.58. The number of aryl methyl sites for hydroxylation is 1. The lowest BCUT2D eigenvalue weighted by Crippen LogP contribution is -1.96. The lowest BCUT2D eigenvalue weighted by molar-refractivity contribution is -0.383. The predicted molar refractivity (Wildman–Crippen MR) is 42.2 cm³/mol. The van der Waals surface area contributed by atoms with E-state index < -0.39 is 11.8 Å². The minimum absolute atomic E-state index is 0.188. The van der Waals surface area contributed by atoms with Crippen molar-refractivity contribution < 1.29 is 9.04 Å². The van der Waals surface area contributed by atoms with Crippen LogP contribution < -0.4 is 5.73 Å². The van der Waals surface area contributed by atoms with Crippen LogP contribution in [0.5, 0.6) is 0 Å². The Balaban J connectivity index is 3.35. The molecule has 0 unspecified atom stereocenters. The monoisotopic (exact) mass is 155 g/mol. The Kier molecular flexibility index (Phi) is 1.01. The number of para-hydroxylation sites is 1. The first kappa shape index (κ1) is 4.33. The molecule has 0 saturated heterocycles. The van der Waals surface area contributed by atoms with E-state index in [1.54, 1.807) is 0 Å². The summed E-state index contributed by atoms with van der Waals surface area (Å²) in [4.78, 5) is 9.74. The Morgan fingerprint density at radius 2 is 2.45 bits per heavy atom. The molecule has 0 amide bonds. The molecule has 4 nitrogen and oxygen atoms in total. The fourth-order valence-electron chi connectivity index (χ4n) is 0.712. The van der Waals surface area contributed by atoms with E-state index in [1.807, 2.05) is 0 Å². The van der Waals surface area contributed by atoms with Crippen molar-refractivity contribution >= 4 is 11.4 Å². The fourth-order valence-corrected chi connectivity index (χ4v) is 0.712. The molecule has 11 heavy (non-hydrogen) atoms. The minimum Gasteiger partial charge on any atom is -0.393 e. The van der Waals surface area contributed by atoms with Gasteiger partial charge in [0.2, 0.25) is 0 Å². The zero-order valence-electron chi connectivity index (χ0n) is 8.57. The molecule has 0 atom stereocenters. The molecule has 0 spiro atoms. The summed E-state index contributed by atoms with van der Waals surface area (Å²) < 4.78 is 21.2. The third kappa shape index (κ3) is 1.29. The van der Waals surface area contributed by atoms with Crippen molar-refractivity contribution in [3.05, 3.63) is 33.9 Å².